The van der Waals surface area contributed by atoms with Gasteiger partial charge in [-0.3, -0.25) is 0 Å². The first-order chi connectivity index (χ1) is 8.69. The van der Waals surface area contributed by atoms with Gasteiger partial charge in [0, 0.05) is 19.6 Å². The van der Waals surface area contributed by atoms with Crippen molar-refractivity contribution in [1.29, 1.82) is 0 Å². The van der Waals surface area contributed by atoms with Crippen molar-refractivity contribution in [2.24, 2.45) is 0 Å². The fourth-order valence-electron chi connectivity index (χ4n) is 1.94. The minimum Gasteiger partial charge on any atom is -0.212 e. The third-order valence-electron chi connectivity index (χ3n) is 3.29. The van der Waals surface area contributed by atoms with E-state index in [0.717, 1.165) is 11.6 Å². The molecule has 3 nitrogen and oxygen atoms in total. The van der Waals surface area contributed by atoms with Crippen LogP contribution in [0.2, 0.25) is 30.7 Å². The van der Waals surface area contributed by atoms with Crippen molar-refractivity contribution < 1.29 is 8.42 Å². The summed E-state index contributed by atoms with van der Waals surface area (Å²) < 4.78 is 26.0. The van der Waals surface area contributed by atoms with Gasteiger partial charge < -0.3 is 0 Å². The van der Waals surface area contributed by atoms with Crippen LogP contribution in [0.25, 0.3) is 0 Å². The smallest absolute Gasteiger partial charge is 0.212 e. The molecular formula is C13H20ClNO2SSi. The third-order valence-corrected chi connectivity index (χ3v) is 7.49. The van der Waals surface area contributed by atoms with Crippen molar-refractivity contribution >= 4 is 29.7 Å². The second kappa shape index (κ2) is 5.20. The maximum absolute atomic E-state index is 12.2. The van der Waals surface area contributed by atoms with Gasteiger partial charge in [-0.2, -0.15) is 4.31 Å². The Morgan fingerprint density at radius 3 is 2.37 bits per heavy atom. The Bertz CT molecular complexity index is 551. The molecule has 1 unspecified atom stereocenters. The first-order valence-electron chi connectivity index (χ1n) is 6.44. The minimum atomic E-state index is -3.09. The van der Waals surface area contributed by atoms with Crippen molar-refractivity contribution in [3.63, 3.8) is 0 Å². The zero-order chi connectivity index (χ0) is 14.3. The average molecular weight is 318 g/mol. The summed E-state index contributed by atoms with van der Waals surface area (Å²) in [5.41, 5.74) is 1.03. The summed E-state index contributed by atoms with van der Waals surface area (Å²) in [5.74, 6) is 0.285. The first-order valence-corrected chi connectivity index (χ1v) is 12.1. The van der Waals surface area contributed by atoms with Gasteiger partial charge >= 0.3 is 0 Å². The van der Waals surface area contributed by atoms with E-state index in [0.29, 0.717) is 11.6 Å². The number of nitrogens with zero attached hydrogens (tertiary/aromatic N) is 1. The van der Waals surface area contributed by atoms with Crippen LogP contribution in [0.5, 0.6) is 0 Å². The standard InChI is InChI=1S/C13H20ClNO2SSi/c1-19(2,3)9-8-18(16,17)15-10-13(15)11-4-6-12(14)7-5-11/h4-7,13H,8-10H2,1-3H3/t13-,15?/m1/s1. The van der Waals surface area contributed by atoms with E-state index in [1.807, 2.05) is 24.3 Å². The van der Waals surface area contributed by atoms with E-state index >= 15 is 0 Å². The van der Waals surface area contributed by atoms with Crippen LogP contribution in [0.4, 0.5) is 0 Å². The minimum absolute atomic E-state index is 0.0175. The SMILES string of the molecule is C[Si](C)(C)CCS(=O)(=O)N1C[C@@H]1c1ccc(Cl)cc1. The Morgan fingerprint density at radius 1 is 1.26 bits per heavy atom. The summed E-state index contributed by atoms with van der Waals surface area (Å²) in [6, 6.07) is 8.26. The van der Waals surface area contributed by atoms with E-state index in [2.05, 4.69) is 19.6 Å². The zero-order valence-electron chi connectivity index (χ0n) is 11.6. The maximum atomic E-state index is 12.2. The Balaban J connectivity index is 2.00. The molecule has 1 fully saturated rings. The van der Waals surface area contributed by atoms with E-state index in [9.17, 15) is 8.42 Å². The molecule has 0 bridgehead atoms. The van der Waals surface area contributed by atoms with Gasteiger partial charge in [0.25, 0.3) is 0 Å². The van der Waals surface area contributed by atoms with Crippen molar-refractivity contribution in [2.75, 3.05) is 12.3 Å². The molecular weight excluding hydrogens is 298 g/mol. The molecule has 1 heterocycles. The van der Waals surface area contributed by atoms with E-state index in [1.165, 1.54) is 0 Å². The van der Waals surface area contributed by atoms with Gasteiger partial charge in [0.15, 0.2) is 0 Å². The van der Waals surface area contributed by atoms with E-state index < -0.39 is 18.1 Å². The normalized spacial score (nSPS) is 23.4. The largest absolute Gasteiger partial charge is 0.214 e. The maximum Gasteiger partial charge on any atom is 0.214 e. The zero-order valence-corrected chi connectivity index (χ0v) is 14.1. The van der Waals surface area contributed by atoms with Crippen LogP contribution in [0.1, 0.15) is 11.6 Å². The van der Waals surface area contributed by atoms with Crippen LogP contribution < -0.4 is 0 Å². The first kappa shape index (κ1) is 15.0. The monoisotopic (exact) mass is 317 g/mol. The molecule has 1 aliphatic heterocycles. The molecule has 0 aromatic heterocycles. The molecule has 106 valence electrons. The number of hydrogen-bond donors (Lipinski definition) is 0. The third kappa shape index (κ3) is 4.05. The molecule has 0 saturated carbocycles. The summed E-state index contributed by atoms with van der Waals surface area (Å²) in [5, 5.41) is 0.678. The molecule has 1 saturated heterocycles. The van der Waals surface area contributed by atoms with Gasteiger partial charge in [0.1, 0.15) is 0 Å². The van der Waals surface area contributed by atoms with Crippen molar-refractivity contribution in [3.8, 4) is 0 Å². The second-order valence-electron chi connectivity index (χ2n) is 6.26. The van der Waals surface area contributed by atoms with E-state index in [1.54, 1.807) is 4.31 Å². The van der Waals surface area contributed by atoms with Gasteiger partial charge in [0.05, 0.1) is 11.8 Å². The van der Waals surface area contributed by atoms with Gasteiger partial charge in [-0.25, -0.2) is 8.42 Å². The molecule has 0 spiro atoms. The van der Waals surface area contributed by atoms with Crippen LogP contribution in [0, 0.1) is 0 Å². The van der Waals surface area contributed by atoms with Crippen molar-refractivity contribution in [1.82, 2.24) is 4.31 Å². The summed E-state index contributed by atoms with van der Waals surface area (Å²) in [4.78, 5) is 0. The lowest BCUT2D eigenvalue weighted by molar-refractivity contribution is 0.555. The Labute approximate surface area is 121 Å². The lowest BCUT2D eigenvalue weighted by Gasteiger charge is -2.15. The predicted octanol–water partition coefficient (Wildman–Crippen LogP) is 3.36. The van der Waals surface area contributed by atoms with Crippen LogP contribution in [-0.2, 0) is 10.0 Å². The summed E-state index contributed by atoms with van der Waals surface area (Å²) in [6.07, 6.45) is 0. The number of sulfonamides is 1. The van der Waals surface area contributed by atoms with E-state index in [4.69, 9.17) is 11.6 Å². The molecule has 1 aromatic carbocycles. The molecule has 1 aliphatic rings. The average Bonchev–Trinajstić information content (AvgIpc) is 3.07. The number of hydrogen-bond acceptors (Lipinski definition) is 2. The fraction of sp³-hybridized carbons (Fsp3) is 0.538. The van der Waals surface area contributed by atoms with Crippen LogP contribution >= 0.6 is 11.6 Å². The molecule has 0 aliphatic carbocycles. The van der Waals surface area contributed by atoms with E-state index in [-0.39, 0.29) is 11.8 Å². The molecule has 2 atom stereocenters. The molecule has 0 N–H and O–H groups in total. The second-order valence-corrected chi connectivity index (χ2v) is 14.4. The lowest BCUT2D eigenvalue weighted by Crippen LogP contribution is -2.26. The van der Waals surface area contributed by atoms with Crippen LogP contribution in [-0.4, -0.2) is 33.1 Å². The summed E-state index contributed by atoms with van der Waals surface area (Å²) >= 11 is 5.84. The van der Waals surface area contributed by atoms with Gasteiger partial charge in [-0.05, 0) is 23.7 Å². The Morgan fingerprint density at radius 2 is 1.84 bits per heavy atom. The number of rotatable bonds is 5. The van der Waals surface area contributed by atoms with Gasteiger partial charge in [-0.15, -0.1) is 0 Å². The van der Waals surface area contributed by atoms with Crippen LogP contribution in [0.15, 0.2) is 24.3 Å². The van der Waals surface area contributed by atoms with Crippen LogP contribution in [0.3, 0.4) is 0 Å². The lowest BCUT2D eigenvalue weighted by atomic mass is 10.2. The highest BCUT2D eigenvalue weighted by atomic mass is 35.5. The summed E-state index contributed by atoms with van der Waals surface area (Å²) in [7, 11) is -4.41. The molecule has 19 heavy (non-hydrogen) atoms. The highest BCUT2D eigenvalue weighted by molar-refractivity contribution is 7.89. The fourth-order valence-corrected chi connectivity index (χ4v) is 6.66. The highest BCUT2D eigenvalue weighted by Crippen LogP contribution is 2.38. The van der Waals surface area contributed by atoms with Crippen molar-refractivity contribution in [3.05, 3.63) is 34.9 Å². The molecule has 1 aromatic rings. The molecule has 2 rings (SSSR count). The Kier molecular flexibility index (Phi) is 4.12. The number of halogens is 1. The summed E-state index contributed by atoms with van der Waals surface area (Å²) in [6.45, 7) is 7.19. The molecule has 0 amide bonds. The molecule has 6 heteroatoms. The van der Waals surface area contributed by atoms with Gasteiger partial charge in [0.2, 0.25) is 10.0 Å². The number of benzene rings is 1. The van der Waals surface area contributed by atoms with Crippen molar-refractivity contribution in [2.45, 2.75) is 31.7 Å². The molecule has 0 radical (unpaired) electrons. The quantitative estimate of drug-likeness (QED) is 0.617. The highest BCUT2D eigenvalue weighted by Gasteiger charge is 2.44. The Hall–Kier alpha value is -0.363. The van der Waals surface area contributed by atoms with Gasteiger partial charge in [-0.1, -0.05) is 43.4 Å². The predicted molar refractivity (Wildman–Crippen MR) is 82.8 cm³/mol. The topological polar surface area (TPSA) is 37.1 Å².